The van der Waals surface area contributed by atoms with E-state index in [9.17, 15) is 0 Å². The van der Waals surface area contributed by atoms with Crippen molar-refractivity contribution in [2.45, 2.75) is 83.1 Å². The first kappa shape index (κ1) is 42.8. The Bertz CT molecular complexity index is 1180. The second kappa shape index (κ2) is 19.5. The van der Waals surface area contributed by atoms with E-state index < -0.39 is 0 Å². The van der Waals surface area contributed by atoms with Crippen molar-refractivity contribution in [1.29, 1.82) is 0 Å². The zero-order chi connectivity index (χ0) is 29.7. The molecule has 4 aromatic carbocycles. The van der Waals surface area contributed by atoms with Crippen LogP contribution >= 0.6 is 15.8 Å². The molecule has 0 aliphatic heterocycles. The van der Waals surface area contributed by atoms with Gasteiger partial charge in [-0.3, -0.25) is 0 Å². The summed E-state index contributed by atoms with van der Waals surface area (Å²) in [6.45, 7) is 27.8. The predicted molar refractivity (Wildman–Crippen MR) is 190 cm³/mol. The van der Waals surface area contributed by atoms with Crippen LogP contribution in [0.15, 0.2) is 48.5 Å². The number of aryl methyl sites for hydroxylation is 4. The van der Waals surface area contributed by atoms with E-state index in [0.717, 1.165) is 23.7 Å². The van der Waals surface area contributed by atoms with Crippen LogP contribution in [0.2, 0.25) is 0 Å². The minimum absolute atomic E-state index is 0. The molecule has 0 spiro atoms. The van der Waals surface area contributed by atoms with Crippen molar-refractivity contribution in [3.05, 3.63) is 70.8 Å². The summed E-state index contributed by atoms with van der Waals surface area (Å²) in [4.78, 5) is 0. The van der Waals surface area contributed by atoms with E-state index in [2.05, 4.69) is 132 Å². The Labute approximate surface area is 294 Å². The fraction of sp³-hybridized carbons (Fsp3) is 0.526. The van der Waals surface area contributed by atoms with E-state index in [-0.39, 0.29) is 62.4 Å². The van der Waals surface area contributed by atoms with Crippen molar-refractivity contribution in [2.75, 3.05) is 24.6 Å². The Morgan fingerprint density at radius 1 is 0.488 bits per heavy atom. The molecule has 5 heteroatoms. The molecule has 0 unspecified atom stereocenters. The zero-order valence-corrected chi connectivity index (χ0v) is 33.8. The molecule has 0 aromatic heterocycles. The summed E-state index contributed by atoms with van der Waals surface area (Å²) >= 11 is 0. The third-order valence-electron chi connectivity index (χ3n) is 7.69. The average molecular weight is 694 g/mol. The number of fused-ring (bicyclic) bond motifs is 2. The van der Waals surface area contributed by atoms with Crippen molar-refractivity contribution < 1.29 is 46.5 Å². The van der Waals surface area contributed by atoms with Crippen molar-refractivity contribution in [1.82, 2.24) is 0 Å². The molecule has 0 bridgehead atoms. The molecule has 0 nitrogen and oxygen atoms in total. The van der Waals surface area contributed by atoms with E-state index >= 15 is 0 Å². The molecule has 0 N–H and O–H groups in total. The monoisotopic (exact) mass is 692 g/mol. The van der Waals surface area contributed by atoms with Gasteiger partial charge in [0.2, 0.25) is 0 Å². The first-order valence-electron chi connectivity index (χ1n) is 15.6. The summed E-state index contributed by atoms with van der Waals surface area (Å²) in [5.74, 6) is 3.17. The molecule has 4 rings (SSSR count). The Hall–Kier alpha value is -0.186. The molecule has 0 saturated carbocycles. The largest absolute Gasteiger partial charge is 4.00 e. The summed E-state index contributed by atoms with van der Waals surface area (Å²) in [5.41, 5.74) is 5.67. The number of halogens is 2. The Morgan fingerprint density at radius 3 is 0.977 bits per heavy atom. The maximum Gasteiger partial charge on any atom is 4.00 e. The van der Waals surface area contributed by atoms with Crippen LogP contribution in [0.4, 0.5) is 0 Å². The van der Waals surface area contributed by atoms with Crippen LogP contribution in [0.3, 0.4) is 0 Å². The third-order valence-corrected chi connectivity index (χ3v) is 14.3. The van der Waals surface area contributed by atoms with E-state index in [1.54, 1.807) is 10.6 Å². The standard InChI is InChI=1S/2C19H28P.2ClH.Ti/c2*1-13(2)11-20(12-14(3)4)17-9-18-15(5)7-8-16(6)19(18)10-17;;;/h2*7-10,13-14H,11-12H2,1-6H3;2*1H;/q2*-1;;;+4/p-2. The molecule has 0 heterocycles. The third kappa shape index (κ3) is 12.2. The first-order chi connectivity index (χ1) is 18.8. The Morgan fingerprint density at radius 2 is 0.744 bits per heavy atom. The van der Waals surface area contributed by atoms with E-state index in [1.165, 1.54) is 68.4 Å². The molecule has 0 radical (unpaired) electrons. The SMILES string of the molecule is Cc1ccc(C)c2[cH-]c(P(CC(C)C)CC(C)C)cc12.Cc1ccc(C)c2[cH-]c(P(CC(C)C)CC(C)C)cc12.[Cl-].[Cl-].[Ti+4]. The van der Waals surface area contributed by atoms with Gasteiger partial charge in [-0.1, -0.05) is 108 Å². The summed E-state index contributed by atoms with van der Waals surface area (Å²) in [6.07, 6.45) is 5.45. The smallest absolute Gasteiger partial charge is 1.00 e. The van der Waals surface area contributed by atoms with Gasteiger partial charge in [-0.25, -0.2) is 0 Å². The van der Waals surface area contributed by atoms with Gasteiger partial charge >= 0.3 is 21.7 Å². The van der Waals surface area contributed by atoms with Crippen LogP contribution < -0.4 is 35.4 Å². The van der Waals surface area contributed by atoms with Crippen molar-refractivity contribution in [3.8, 4) is 0 Å². The molecule has 0 saturated heterocycles. The Balaban J connectivity index is 0.000000767. The topological polar surface area (TPSA) is 0 Å². The van der Waals surface area contributed by atoms with Crippen molar-refractivity contribution in [3.63, 3.8) is 0 Å². The maximum absolute atomic E-state index is 2.48. The van der Waals surface area contributed by atoms with E-state index in [1.807, 2.05) is 0 Å². The minimum atomic E-state index is -0.00626. The van der Waals surface area contributed by atoms with Gasteiger partial charge in [0.05, 0.1) is 0 Å². The second-order valence-electron chi connectivity index (χ2n) is 13.9. The molecule has 0 atom stereocenters. The van der Waals surface area contributed by atoms with Gasteiger partial charge in [0.1, 0.15) is 0 Å². The molecule has 4 aromatic rings. The number of hydrogen-bond acceptors (Lipinski definition) is 0. The van der Waals surface area contributed by atoms with Gasteiger partial charge in [-0.2, -0.15) is 12.1 Å². The molecule has 0 fully saturated rings. The van der Waals surface area contributed by atoms with Crippen LogP contribution in [0, 0.1) is 51.4 Å². The molecular weight excluding hydrogens is 637 g/mol. The molecule has 236 valence electrons. The second-order valence-corrected chi connectivity index (χ2v) is 18.5. The van der Waals surface area contributed by atoms with Gasteiger partial charge in [-0.05, 0) is 62.2 Å². The number of benzene rings is 2. The van der Waals surface area contributed by atoms with Gasteiger partial charge in [0.15, 0.2) is 0 Å². The van der Waals surface area contributed by atoms with Gasteiger partial charge < -0.3 is 24.8 Å². The summed E-state index contributed by atoms with van der Waals surface area (Å²) in [5, 5.41) is 9.13. The summed E-state index contributed by atoms with van der Waals surface area (Å²) < 4.78 is 0. The maximum atomic E-state index is 2.48. The van der Waals surface area contributed by atoms with Crippen LogP contribution in [0.25, 0.3) is 21.5 Å². The molecular formula is C38H56Cl2P2Ti. The van der Waals surface area contributed by atoms with E-state index in [0.29, 0.717) is 0 Å². The fourth-order valence-electron chi connectivity index (χ4n) is 5.85. The molecule has 0 aliphatic carbocycles. The van der Waals surface area contributed by atoms with Crippen LogP contribution in [0.5, 0.6) is 0 Å². The molecule has 43 heavy (non-hydrogen) atoms. The fourth-order valence-corrected chi connectivity index (χ4v) is 11.8. The van der Waals surface area contributed by atoms with Crippen LogP contribution in [-0.4, -0.2) is 24.6 Å². The Kier molecular flexibility index (Phi) is 19.4. The number of rotatable bonds is 10. The summed E-state index contributed by atoms with van der Waals surface area (Å²) in [6, 6.07) is 19.0. The van der Waals surface area contributed by atoms with Crippen molar-refractivity contribution in [2.24, 2.45) is 23.7 Å². The summed E-state index contributed by atoms with van der Waals surface area (Å²) in [7, 11) is -0.0125. The minimum Gasteiger partial charge on any atom is -1.00 e. The van der Waals surface area contributed by atoms with Crippen LogP contribution in [-0.2, 0) is 21.7 Å². The molecule has 0 aliphatic rings. The van der Waals surface area contributed by atoms with Crippen molar-refractivity contribution >= 4 is 48.0 Å². The van der Waals surface area contributed by atoms with Gasteiger partial charge in [-0.15, -0.1) is 67.5 Å². The van der Waals surface area contributed by atoms with Gasteiger partial charge in [0.25, 0.3) is 0 Å². The number of hydrogen-bond donors (Lipinski definition) is 0. The predicted octanol–water partition coefficient (Wildman–Crippen LogP) is 5.19. The van der Waals surface area contributed by atoms with Crippen LogP contribution in [0.1, 0.15) is 77.6 Å². The molecule has 0 amide bonds. The first-order valence-corrected chi connectivity index (χ1v) is 19.0. The van der Waals surface area contributed by atoms with Gasteiger partial charge in [0, 0.05) is 0 Å². The normalized spacial score (nSPS) is 11.4. The van der Waals surface area contributed by atoms with E-state index in [4.69, 9.17) is 0 Å². The average Bonchev–Trinajstić information content (AvgIpc) is 3.49. The quantitative estimate of drug-likeness (QED) is 0.122. The zero-order valence-electron chi connectivity index (χ0n) is 28.9.